The van der Waals surface area contributed by atoms with Crippen molar-refractivity contribution in [2.75, 3.05) is 11.9 Å². The lowest BCUT2D eigenvalue weighted by atomic mass is 9.86. The van der Waals surface area contributed by atoms with E-state index in [2.05, 4.69) is 36.1 Å². The SMILES string of the molecule is [B]c1c(C)ccc(C)c1N(C)c1ccccc1. The first-order valence-corrected chi connectivity index (χ1v) is 5.75. The predicted octanol–water partition coefficient (Wildman–Crippen LogP) is 2.87. The second-order valence-corrected chi connectivity index (χ2v) is 4.36. The zero-order valence-corrected chi connectivity index (χ0v) is 10.6. The molecule has 0 atom stereocenters. The minimum Gasteiger partial charge on any atom is -0.345 e. The van der Waals surface area contributed by atoms with E-state index in [4.69, 9.17) is 7.85 Å². The maximum atomic E-state index is 6.18. The fourth-order valence-electron chi connectivity index (χ4n) is 2.04. The molecule has 0 fully saturated rings. The van der Waals surface area contributed by atoms with Crippen molar-refractivity contribution < 1.29 is 0 Å². The fourth-order valence-corrected chi connectivity index (χ4v) is 2.04. The summed E-state index contributed by atoms with van der Waals surface area (Å²) >= 11 is 0. The van der Waals surface area contributed by atoms with Crippen molar-refractivity contribution in [3.8, 4) is 0 Å². The van der Waals surface area contributed by atoms with Crippen LogP contribution >= 0.6 is 0 Å². The van der Waals surface area contributed by atoms with Gasteiger partial charge in [-0.05, 0) is 31.5 Å². The van der Waals surface area contributed by atoms with E-state index in [-0.39, 0.29) is 0 Å². The lowest BCUT2D eigenvalue weighted by Crippen LogP contribution is -2.22. The van der Waals surface area contributed by atoms with Crippen LogP contribution in [0.5, 0.6) is 0 Å². The third-order valence-corrected chi connectivity index (χ3v) is 3.12. The second kappa shape index (κ2) is 4.66. The van der Waals surface area contributed by atoms with Crippen LogP contribution in [0.15, 0.2) is 42.5 Å². The molecule has 0 saturated carbocycles. The standard InChI is InChI=1S/C15H16BN/c1-11-9-10-12(2)15(14(11)16)17(3)13-7-5-4-6-8-13/h4-10H,1-3H3. The third kappa shape index (κ3) is 2.21. The van der Waals surface area contributed by atoms with Crippen LogP contribution in [0.3, 0.4) is 0 Å². The first-order chi connectivity index (χ1) is 8.11. The molecule has 2 aromatic rings. The molecular formula is C15H16BN. The van der Waals surface area contributed by atoms with Gasteiger partial charge in [0.1, 0.15) is 7.85 Å². The summed E-state index contributed by atoms with van der Waals surface area (Å²) in [7, 11) is 8.23. The average molecular weight is 221 g/mol. The summed E-state index contributed by atoms with van der Waals surface area (Å²) in [6.45, 7) is 4.13. The highest BCUT2D eigenvalue weighted by molar-refractivity contribution is 6.37. The van der Waals surface area contributed by atoms with Gasteiger partial charge in [0, 0.05) is 18.4 Å². The number of aryl methyl sites for hydroxylation is 2. The van der Waals surface area contributed by atoms with Crippen molar-refractivity contribution >= 4 is 24.7 Å². The van der Waals surface area contributed by atoms with Crippen molar-refractivity contribution in [2.24, 2.45) is 0 Å². The summed E-state index contributed by atoms with van der Waals surface area (Å²) in [6.07, 6.45) is 0. The Kier molecular flexibility index (Phi) is 3.23. The molecule has 0 N–H and O–H groups in total. The summed E-state index contributed by atoms with van der Waals surface area (Å²) in [5.74, 6) is 0. The van der Waals surface area contributed by atoms with Gasteiger partial charge < -0.3 is 4.90 Å². The Bertz CT molecular complexity index is 520. The molecule has 2 heteroatoms. The van der Waals surface area contributed by atoms with Crippen LogP contribution in [-0.4, -0.2) is 14.9 Å². The molecule has 0 amide bonds. The molecule has 0 saturated heterocycles. The molecule has 1 nitrogen and oxygen atoms in total. The Morgan fingerprint density at radius 3 is 2.12 bits per heavy atom. The number of para-hydroxylation sites is 1. The zero-order chi connectivity index (χ0) is 12.4. The molecule has 2 aromatic carbocycles. The van der Waals surface area contributed by atoms with Crippen molar-refractivity contribution in [2.45, 2.75) is 13.8 Å². The Balaban J connectivity index is 2.51. The quantitative estimate of drug-likeness (QED) is 0.705. The van der Waals surface area contributed by atoms with Gasteiger partial charge in [0.2, 0.25) is 0 Å². The van der Waals surface area contributed by atoms with Crippen LogP contribution in [0, 0.1) is 13.8 Å². The summed E-state index contributed by atoms with van der Waals surface area (Å²) in [4.78, 5) is 2.14. The van der Waals surface area contributed by atoms with E-state index in [1.807, 2.05) is 32.2 Å². The van der Waals surface area contributed by atoms with E-state index in [0.717, 1.165) is 22.4 Å². The minimum atomic E-state index is 0.858. The van der Waals surface area contributed by atoms with E-state index >= 15 is 0 Å². The molecule has 0 spiro atoms. The van der Waals surface area contributed by atoms with E-state index in [0.29, 0.717) is 0 Å². The van der Waals surface area contributed by atoms with Gasteiger partial charge in [-0.15, -0.1) is 0 Å². The molecule has 0 aromatic heterocycles. The van der Waals surface area contributed by atoms with Crippen molar-refractivity contribution in [1.82, 2.24) is 0 Å². The Labute approximate surface area is 104 Å². The smallest absolute Gasteiger partial charge is 0.117 e. The first-order valence-electron chi connectivity index (χ1n) is 5.75. The van der Waals surface area contributed by atoms with Gasteiger partial charge in [-0.1, -0.05) is 41.4 Å². The molecule has 0 heterocycles. The summed E-state index contributed by atoms with van der Waals surface area (Å²) in [5, 5.41) is 0. The molecule has 2 rings (SSSR count). The maximum absolute atomic E-state index is 6.18. The van der Waals surface area contributed by atoms with Gasteiger partial charge >= 0.3 is 0 Å². The number of anilines is 2. The van der Waals surface area contributed by atoms with Gasteiger partial charge in [0.25, 0.3) is 0 Å². The summed E-state index contributed by atoms with van der Waals surface area (Å²) < 4.78 is 0. The lowest BCUT2D eigenvalue weighted by molar-refractivity contribution is 1.19. The van der Waals surface area contributed by atoms with Crippen LogP contribution in [0.4, 0.5) is 11.4 Å². The van der Waals surface area contributed by atoms with Gasteiger partial charge in [0.05, 0.1) is 0 Å². The Morgan fingerprint density at radius 1 is 0.882 bits per heavy atom. The molecule has 0 aliphatic carbocycles. The molecule has 0 aliphatic heterocycles. The minimum absolute atomic E-state index is 0.858. The number of hydrogen-bond donors (Lipinski definition) is 0. The topological polar surface area (TPSA) is 3.24 Å². The van der Waals surface area contributed by atoms with Gasteiger partial charge in [-0.3, -0.25) is 0 Å². The van der Waals surface area contributed by atoms with Crippen molar-refractivity contribution in [3.05, 3.63) is 53.6 Å². The molecule has 17 heavy (non-hydrogen) atoms. The number of benzene rings is 2. The maximum Gasteiger partial charge on any atom is 0.117 e. The highest BCUT2D eigenvalue weighted by Gasteiger charge is 2.10. The van der Waals surface area contributed by atoms with E-state index in [1.54, 1.807) is 0 Å². The van der Waals surface area contributed by atoms with Crippen LogP contribution < -0.4 is 10.4 Å². The summed E-state index contributed by atoms with van der Waals surface area (Å²) in [6, 6.07) is 14.4. The zero-order valence-electron chi connectivity index (χ0n) is 10.6. The van der Waals surface area contributed by atoms with Gasteiger partial charge in [-0.2, -0.15) is 0 Å². The normalized spacial score (nSPS) is 10.3. The second-order valence-electron chi connectivity index (χ2n) is 4.36. The number of nitrogens with zero attached hydrogens (tertiary/aromatic N) is 1. The van der Waals surface area contributed by atoms with E-state index < -0.39 is 0 Å². The van der Waals surface area contributed by atoms with Gasteiger partial charge in [0.15, 0.2) is 0 Å². The van der Waals surface area contributed by atoms with Crippen molar-refractivity contribution in [1.29, 1.82) is 0 Å². The molecule has 0 aliphatic rings. The van der Waals surface area contributed by atoms with Crippen LogP contribution in [0.25, 0.3) is 0 Å². The van der Waals surface area contributed by atoms with E-state index in [9.17, 15) is 0 Å². The summed E-state index contributed by atoms with van der Waals surface area (Å²) in [5.41, 5.74) is 5.41. The number of hydrogen-bond acceptors (Lipinski definition) is 1. The van der Waals surface area contributed by atoms with Crippen LogP contribution in [-0.2, 0) is 0 Å². The highest BCUT2D eigenvalue weighted by atomic mass is 15.1. The average Bonchev–Trinajstić information content (AvgIpc) is 2.35. The van der Waals surface area contributed by atoms with Crippen LogP contribution in [0.2, 0.25) is 0 Å². The molecule has 84 valence electrons. The predicted molar refractivity (Wildman–Crippen MR) is 75.8 cm³/mol. The number of rotatable bonds is 2. The Morgan fingerprint density at radius 2 is 1.47 bits per heavy atom. The fraction of sp³-hybridized carbons (Fsp3) is 0.200. The molecular weight excluding hydrogens is 205 g/mol. The van der Waals surface area contributed by atoms with Crippen molar-refractivity contribution in [3.63, 3.8) is 0 Å². The van der Waals surface area contributed by atoms with E-state index in [1.165, 1.54) is 5.56 Å². The third-order valence-electron chi connectivity index (χ3n) is 3.12. The Hall–Kier alpha value is -1.70. The van der Waals surface area contributed by atoms with Gasteiger partial charge in [-0.25, -0.2) is 0 Å². The monoisotopic (exact) mass is 221 g/mol. The largest absolute Gasteiger partial charge is 0.345 e. The van der Waals surface area contributed by atoms with Crippen LogP contribution in [0.1, 0.15) is 11.1 Å². The first kappa shape index (κ1) is 11.8. The lowest BCUT2D eigenvalue weighted by Gasteiger charge is -2.25. The molecule has 0 unspecified atom stereocenters. The molecule has 2 radical (unpaired) electrons. The molecule has 0 bridgehead atoms. The highest BCUT2D eigenvalue weighted by Crippen LogP contribution is 2.25.